The van der Waals surface area contributed by atoms with Crippen molar-refractivity contribution in [3.8, 4) is 0 Å². The molecule has 74 valence electrons. The van der Waals surface area contributed by atoms with E-state index in [0.29, 0.717) is 18.5 Å². The van der Waals surface area contributed by atoms with Crippen LogP contribution in [0.1, 0.15) is 0 Å². The summed E-state index contributed by atoms with van der Waals surface area (Å²) in [5.41, 5.74) is 5.35. The summed E-state index contributed by atoms with van der Waals surface area (Å²) in [6, 6.07) is 4.30. The number of aromatic nitrogens is 1. The van der Waals surface area contributed by atoms with Crippen LogP contribution in [0, 0.1) is 5.82 Å². The van der Waals surface area contributed by atoms with Crippen molar-refractivity contribution < 1.29 is 4.39 Å². The van der Waals surface area contributed by atoms with Crippen molar-refractivity contribution >= 4 is 24.4 Å². The summed E-state index contributed by atoms with van der Waals surface area (Å²) in [5, 5.41) is 0.625. The van der Waals surface area contributed by atoms with Crippen LogP contribution in [0.2, 0.25) is 0 Å². The molecule has 1 aromatic carbocycles. The van der Waals surface area contributed by atoms with Gasteiger partial charge < -0.3 is 0 Å². The second-order valence-corrected chi connectivity index (χ2v) is 5.16. The van der Waals surface area contributed by atoms with Crippen LogP contribution in [0.3, 0.4) is 0 Å². The average Bonchev–Trinajstić information content (AvgIpc) is 2.44. The molecule has 1 heterocycles. The monoisotopic (exact) mass is 260 g/mol. The van der Waals surface area contributed by atoms with E-state index in [1.165, 1.54) is 12.1 Å². The van der Waals surface area contributed by atoms with E-state index in [1.54, 1.807) is 9.63 Å². The molecule has 0 spiro atoms. The van der Waals surface area contributed by atoms with Crippen LogP contribution in [-0.4, -0.2) is 24.8 Å². The molecule has 0 amide bonds. The summed E-state index contributed by atoms with van der Waals surface area (Å²) in [5.74, 6) is -0.284. The third-order valence-electron chi connectivity index (χ3n) is 1.94. The quantitative estimate of drug-likeness (QED) is 0.781. The summed E-state index contributed by atoms with van der Waals surface area (Å²) in [6.07, 6.45) is 0. The Labute approximate surface area is 85.9 Å². The van der Waals surface area contributed by atoms with Crippen molar-refractivity contribution in [2.45, 2.75) is 6.54 Å². The number of hydrogen-bond donors (Lipinski definition) is 1. The van der Waals surface area contributed by atoms with Crippen LogP contribution in [-0.2, 0) is 6.54 Å². The normalized spacial score (nSPS) is 11.0. The molecule has 0 radical (unpaired) electrons. The molecule has 0 atom stereocenters. The fourth-order valence-electron chi connectivity index (χ4n) is 1.31. The second kappa shape index (κ2) is 3.69. The molecule has 0 saturated carbocycles. The Kier molecular flexibility index (Phi) is 2.54. The average molecular weight is 259 g/mol. The van der Waals surface area contributed by atoms with Crippen LogP contribution >= 0.6 is 0 Å². The predicted octanol–water partition coefficient (Wildman–Crippen LogP) is 0.156. The van der Waals surface area contributed by atoms with Crippen LogP contribution in [0.25, 0.3) is 9.65 Å². The molecule has 0 saturated heterocycles. The third kappa shape index (κ3) is 1.54. The first kappa shape index (κ1) is 9.65. The molecule has 5 heteroatoms. The van der Waals surface area contributed by atoms with E-state index in [9.17, 15) is 9.18 Å². The minimum absolute atomic E-state index is 0.0227. The van der Waals surface area contributed by atoms with Crippen molar-refractivity contribution in [2.75, 3.05) is 6.54 Å². The molecule has 2 rings (SSSR count). The van der Waals surface area contributed by atoms with Gasteiger partial charge in [-0.05, 0) is 0 Å². The van der Waals surface area contributed by atoms with Gasteiger partial charge in [-0.1, -0.05) is 0 Å². The number of hydrogen-bond acceptors (Lipinski definition) is 2. The Bertz CT molecular complexity index is 517. The number of nitrogens with two attached hydrogens (primary N) is 1. The third-order valence-corrected chi connectivity index (χ3v) is 4.26. The molecule has 0 aliphatic heterocycles. The zero-order valence-electron chi connectivity index (χ0n) is 7.37. The van der Waals surface area contributed by atoms with E-state index in [0.717, 1.165) is 4.26 Å². The molecule has 14 heavy (non-hydrogen) atoms. The molecule has 0 fully saturated rings. The predicted molar refractivity (Wildman–Crippen MR) is 54.2 cm³/mol. The van der Waals surface area contributed by atoms with Crippen LogP contribution in [0.5, 0.6) is 0 Å². The molecule has 2 aromatic rings. The summed E-state index contributed by atoms with van der Waals surface area (Å²) in [4.78, 5) is 11.7. The van der Waals surface area contributed by atoms with E-state index in [-0.39, 0.29) is 26.1 Å². The summed E-state index contributed by atoms with van der Waals surface area (Å²) < 4.78 is 15.4. The Hall–Kier alpha value is -0.901. The molecule has 2 N–H and O–H groups in total. The number of rotatable bonds is 2. The van der Waals surface area contributed by atoms with Gasteiger partial charge in [0.05, 0.1) is 0 Å². The van der Waals surface area contributed by atoms with Gasteiger partial charge >= 0.3 is 85.5 Å². The standard InChI is InChI=1S/C9H9FN2OSe/c10-6-1-2-7-8(5-6)14-12(4-3-11)9(7)13/h1-2,5H,3-4,11H2. The summed E-state index contributed by atoms with van der Waals surface area (Å²) in [7, 11) is 0. The number of nitrogens with zero attached hydrogens (tertiary/aromatic N) is 1. The van der Waals surface area contributed by atoms with Gasteiger partial charge in [0.1, 0.15) is 0 Å². The minimum atomic E-state index is -0.284. The maximum absolute atomic E-state index is 12.9. The summed E-state index contributed by atoms with van der Waals surface area (Å²) >= 11 is -0.103. The molecule has 3 nitrogen and oxygen atoms in total. The van der Waals surface area contributed by atoms with Gasteiger partial charge in [-0.2, -0.15) is 0 Å². The number of halogens is 1. The van der Waals surface area contributed by atoms with Gasteiger partial charge in [0.2, 0.25) is 0 Å². The molecular weight excluding hydrogens is 250 g/mol. The van der Waals surface area contributed by atoms with Crippen molar-refractivity contribution in [1.29, 1.82) is 0 Å². The first-order valence-corrected chi connectivity index (χ1v) is 5.84. The van der Waals surface area contributed by atoms with Crippen molar-refractivity contribution in [3.05, 3.63) is 34.4 Å². The van der Waals surface area contributed by atoms with Crippen LogP contribution in [0.4, 0.5) is 4.39 Å². The molecule has 1 aromatic heterocycles. The van der Waals surface area contributed by atoms with E-state index < -0.39 is 0 Å². The summed E-state index contributed by atoms with van der Waals surface area (Å²) in [6.45, 7) is 0.999. The maximum atomic E-state index is 12.9. The Morgan fingerprint density at radius 1 is 1.50 bits per heavy atom. The topological polar surface area (TPSA) is 48.0 Å². The van der Waals surface area contributed by atoms with Crippen molar-refractivity contribution in [1.82, 2.24) is 3.56 Å². The van der Waals surface area contributed by atoms with Crippen LogP contribution < -0.4 is 11.3 Å². The first-order valence-electron chi connectivity index (χ1n) is 4.22. The van der Waals surface area contributed by atoms with E-state index >= 15 is 0 Å². The van der Waals surface area contributed by atoms with Gasteiger partial charge in [0, 0.05) is 0 Å². The van der Waals surface area contributed by atoms with Gasteiger partial charge in [-0.15, -0.1) is 0 Å². The second-order valence-electron chi connectivity index (χ2n) is 2.93. The molecule has 0 aliphatic rings. The zero-order chi connectivity index (χ0) is 10.1. The Balaban J connectivity index is 2.67. The fourth-order valence-corrected chi connectivity index (χ4v) is 3.48. The molecular formula is C9H9FN2OSe. The van der Waals surface area contributed by atoms with Crippen molar-refractivity contribution in [3.63, 3.8) is 0 Å². The van der Waals surface area contributed by atoms with Gasteiger partial charge in [-0.3, -0.25) is 0 Å². The van der Waals surface area contributed by atoms with Gasteiger partial charge in [0.25, 0.3) is 0 Å². The molecule has 0 bridgehead atoms. The first-order chi connectivity index (χ1) is 6.72. The molecule has 0 unspecified atom stereocenters. The Morgan fingerprint density at radius 2 is 2.29 bits per heavy atom. The van der Waals surface area contributed by atoms with Crippen molar-refractivity contribution in [2.24, 2.45) is 5.73 Å². The fraction of sp³-hybridized carbons (Fsp3) is 0.222. The van der Waals surface area contributed by atoms with Gasteiger partial charge in [0.15, 0.2) is 0 Å². The van der Waals surface area contributed by atoms with E-state index in [2.05, 4.69) is 0 Å². The Morgan fingerprint density at radius 3 is 3.00 bits per heavy atom. The van der Waals surface area contributed by atoms with E-state index in [1.807, 2.05) is 0 Å². The number of fused-ring (bicyclic) bond motifs is 1. The van der Waals surface area contributed by atoms with E-state index in [4.69, 9.17) is 5.73 Å². The van der Waals surface area contributed by atoms with Gasteiger partial charge in [-0.25, -0.2) is 0 Å². The number of benzene rings is 1. The zero-order valence-corrected chi connectivity index (χ0v) is 9.08. The van der Waals surface area contributed by atoms with Crippen LogP contribution in [0.15, 0.2) is 23.0 Å². The SMILES string of the molecule is NCCn1[se]c2cc(F)ccc2c1=O. The molecule has 0 aliphatic carbocycles.